The Morgan fingerprint density at radius 2 is 1.69 bits per heavy atom. The van der Waals surface area contributed by atoms with Crippen molar-refractivity contribution >= 4 is 29.3 Å². The number of carbonyl (C=O) groups excluding carboxylic acids is 1. The van der Waals surface area contributed by atoms with Crippen LogP contribution in [-0.4, -0.2) is 10.5 Å². The summed E-state index contributed by atoms with van der Waals surface area (Å²) < 4.78 is 2.07. The van der Waals surface area contributed by atoms with Crippen molar-refractivity contribution in [3.05, 3.63) is 87.2 Å². The first-order chi connectivity index (χ1) is 13.8. The molecule has 0 aliphatic carbocycles. The molecule has 1 N–H and O–H groups in total. The molecule has 1 heterocycles. The number of nitrogens with one attached hydrogen (secondary N) is 1. The number of halogens is 1. The Morgan fingerprint density at radius 1 is 1.07 bits per heavy atom. The molecule has 0 saturated carbocycles. The van der Waals surface area contributed by atoms with Crippen LogP contribution in [-0.2, 0) is 4.79 Å². The second-order valence-corrected chi connectivity index (χ2v) is 7.47. The van der Waals surface area contributed by atoms with Crippen LogP contribution in [0.3, 0.4) is 0 Å². The summed E-state index contributed by atoms with van der Waals surface area (Å²) in [6.45, 7) is 7.81. The zero-order valence-electron chi connectivity index (χ0n) is 16.9. The number of anilines is 1. The maximum Gasteiger partial charge on any atom is 0.266 e. The van der Waals surface area contributed by atoms with E-state index in [0.29, 0.717) is 5.02 Å². The topological polar surface area (TPSA) is 57.8 Å². The van der Waals surface area contributed by atoms with Crippen LogP contribution in [0.5, 0.6) is 0 Å². The highest BCUT2D eigenvalue weighted by atomic mass is 35.5. The average Bonchev–Trinajstić information content (AvgIpc) is 2.96. The van der Waals surface area contributed by atoms with Gasteiger partial charge in [-0.15, -0.1) is 0 Å². The van der Waals surface area contributed by atoms with Gasteiger partial charge in [0.25, 0.3) is 5.91 Å². The second kappa shape index (κ2) is 8.38. The third-order valence-corrected chi connectivity index (χ3v) is 5.19. The van der Waals surface area contributed by atoms with Gasteiger partial charge < -0.3 is 9.88 Å². The van der Waals surface area contributed by atoms with E-state index in [4.69, 9.17) is 11.6 Å². The van der Waals surface area contributed by atoms with E-state index in [1.165, 1.54) is 0 Å². The van der Waals surface area contributed by atoms with Crippen LogP contribution in [0.15, 0.2) is 54.1 Å². The fraction of sp³-hybridized carbons (Fsp3) is 0.167. The number of amides is 1. The molecule has 29 heavy (non-hydrogen) atoms. The molecule has 3 aromatic rings. The minimum absolute atomic E-state index is 0.0593. The van der Waals surface area contributed by atoms with E-state index >= 15 is 0 Å². The van der Waals surface area contributed by atoms with Gasteiger partial charge in [0.05, 0.1) is 0 Å². The van der Waals surface area contributed by atoms with Crippen molar-refractivity contribution in [3.63, 3.8) is 0 Å². The molecule has 4 nitrogen and oxygen atoms in total. The zero-order valence-corrected chi connectivity index (χ0v) is 17.6. The molecule has 0 aliphatic rings. The van der Waals surface area contributed by atoms with Crippen LogP contribution < -0.4 is 5.32 Å². The molecule has 0 spiro atoms. The van der Waals surface area contributed by atoms with Gasteiger partial charge in [-0.3, -0.25) is 4.79 Å². The standard InChI is InChI=1S/C24H22ClN3O/c1-15-6-5-7-16(2)23(15)27-24(29)20(14-26)13-19-12-17(3)28(18(19)4)22-10-8-21(25)9-11-22/h5-13H,1-4H3,(H,27,29)/b20-13+. The number of benzene rings is 2. The Kier molecular flexibility index (Phi) is 5.91. The number of aromatic nitrogens is 1. The third-order valence-electron chi connectivity index (χ3n) is 4.94. The first kappa shape index (κ1) is 20.4. The number of nitriles is 1. The first-order valence-corrected chi connectivity index (χ1v) is 9.64. The summed E-state index contributed by atoms with van der Waals surface area (Å²) in [5, 5.41) is 13.1. The van der Waals surface area contributed by atoms with Crippen LogP contribution in [0.4, 0.5) is 5.69 Å². The number of carbonyl (C=O) groups is 1. The van der Waals surface area contributed by atoms with Crippen molar-refractivity contribution in [3.8, 4) is 11.8 Å². The smallest absolute Gasteiger partial charge is 0.266 e. The Balaban J connectivity index is 1.96. The van der Waals surface area contributed by atoms with Gasteiger partial charge in [0, 0.05) is 27.8 Å². The summed E-state index contributed by atoms with van der Waals surface area (Å²) in [5.74, 6) is -0.416. The molecule has 0 aliphatic heterocycles. The van der Waals surface area contributed by atoms with Gasteiger partial charge in [0.15, 0.2) is 0 Å². The van der Waals surface area contributed by atoms with Gasteiger partial charge in [0.1, 0.15) is 11.6 Å². The van der Waals surface area contributed by atoms with Crippen molar-refractivity contribution in [2.75, 3.05) is 5.32 Å². The normalized spacial score (nSPS) is 11.2. The van der Waals surface area contributed by atoms with Crippen LogP contribution in [0, 0.1) is 39.0 Å². The summed E-state index contributed by atoms with van der Waals surface area (Å²) in [4.78, 5) is 12.7. The van der Waals surface area contributed by atoms with E-state index in [9.17, 15) is 10.1 Å². The lowest BCUT2D eigenvalue weighted by Crippen LogP contribution is -2.15. The Hall–Kier alpha value is -3.29. The van der Waals surface area contributed by atoms with Crippen LogP contribution >= 0.6 is 11.6 Å². The molecule has 5 heteroatoms. The minimum atomic E-state index is -0.416. The van der Waals surface area contributed by atoms with E-state index in [0.717, 1.165) is 39.5 Å². The fourth-order valence-corrected chi connectivity index (χ4v) is 3.54. The van der Waals surface area contributed by atoms with E-state index in [1.807, 2.05) is 82.3 Å². The largest absolute Gasteiger partial charge is 0.321 e. The van der Waals surface area contributed by atoms with E-state index < -0.39 is 5.91 Å². The third kappa shape index (κ3) is 4.26. The number of nitrogens with zero attached hydrogens (tertiary/aromatic N) is 2. The van der Waals surface area contributed by atoms with Gasteiger partial charge in [-0.1, -0.05) is 29.8 Å². The zero-order chi connectivity index (χ0) is 21.1. The van der Waals surface area contributed by atoms with Crippen molar-refractivity contribution in [1.29, 1.82) is 5.26 Å². The number of hydrogen-bond acceptors (Lipinski definition) is 2. The van der Waals surface area contributed by atoms with Gasteiger partial charge in [-0.2, -0.15) is 5.26 Å². The van der Waals surface area contributed by atoms with Crippen LogP contribution in [0.25, 0.3) is 11.8 Å². The molecular weight excluding hydrogens is 382 g/mol. The number of hydrogen-bond donors (Lipinski definition) is 1. The van der Waals surface area contributed by atoms with E-state index in [1.54, 1.807) is 6.08 Å². The Morgan fingerprint density at radius 3 is 2.28 bits per heavy atom. The second-order valence-electron chi connectivity index (χ2n) is 7.03. The fourth-order valence-electron chi connectivity index (χ4n) is 3.42. The minimum Gasteiger partial charge on any atom is -0.321 e. The lowest BCUT2D eigenvalue weighted by atomic mass is 10.1. The van der Waals surface area contributed by atoms with Crippen molar-refractivity contribution < 1.29 is 4.79 Å². The molecule has 0 bridgehead atoms. The lowest BCUT2D eigenvalue weighted by molar-refractivity contribution is -0.112. The lowest BCUT2D eigenvalue weighted by Gasteiger charge is -2.11. The average molecular weight is 404 g/mol. The predicted octanol–water partition coefficient (Wildman–Crippen LogP) is 5.91. The summed E-state index contributed by atoms with van der Waals surface area (Å²) in [6, 6.07) is 17.3. The summed E-state index contributed by atoms with van der Waals surface area (Å²) in [6.07, 6.45) is 1.64. The quantitative estimate of drug-likeness (QED) is 0.434. The van der Waals surface area contributed by atoms with Gasteiger partial charge in [0.2, 0.25) is 0 Å². The molecule has 3 rings (SSSR count). The summed E-state index contributed by atoms with van der Waals surface area (Å²) in [7, 11) is 0. The van der Waals surface area contributed by atoms with Crippen LogP contribution in [0.1, 0.15) is 28.1 Å². The SMILES string of the molecule is Cc1cccc(C)c1NC(=O)/C(C#N)=C/c1cc(C)n(-c2ccc(Cl)cc2)c1C. The number of aryl methyl sites for hydroxylation is 3. The number of para-hydroxylation sites is 1. The highest BCUT2D eigenvalue weighted by molar-refractivity contribution is 6.30. The molecule has 0 atom stereocenters. The van der Waals surface area contributed by atoms with Crippen molar-refractivity contribution in [2.45, 2.75) is 27.7 Å². The molecule has 1 amide bonds. The number of rotatable bonds is 4. The first-order valence-electron chi connectivity index (χ1n) is 9.26. The summed E-state index contributed by atoms with van der Waals surface area (Å²) in [5.41, 5.74) is 6.46. The Labute approximate surface area is 176 Å². The van der Waals surface area contributed by atoms with Gasteiger partial charge >= 0.3 is 0 Å². The summed E-state index contributed by atoms with van der Waals surface area (Å²) >= 11 is 6.00. The maximum atomic E-state index is 12.7. The highest BCUT2D eigenvalue weighted by Crippen LogP contribution is 2.25. The Bertz CT molecular complexity index is 1130. The molecule has 0 fully saturated rings. The molecular formula is C24H22ClN3O. The predicted molar refractivity (Wildman–Crippen MR) is 118 cm³/mol. The van der Waals surface area contributed by atoms with Gasteiger partial charge in [-0.05, 0) is 80.8 Å². The highest BCUT2D eigenvalue weighted by Gasteiger charge is 2.15. The molecule has 146 valence electrons. The molecule has 2 aromatic carbocycles. The molecule has 0 unspecified atom stereocenters. The van der Waals surface area contributed by atoms with Crippen LogP contribution in [0.2, 0.25) is 5.02 Å². The van der Waals surface area contributed by atoms with E-state index in [2.05, 4.69) is 9.88 Å². The monoisotopic (exact) mass is 403 g/mol. The molecule has 0 saturated heterocycles. The van der Waals surface area contributed by atoms with Crippen molar-refractivity contribution in [1.82, 2.24) is 4.57 Å². The maximum absolute atomic E-state index is 12.7. The van der Waals surface area contributed by atoms with Crippen molar-refractivity contribution in [2.24, 2.45) is 0 Å². The van der Waals surface area contributed by atoms with Gasteiger partial charge in [-0.25, -0.2) is 0 Å². The molecule has 1 aromatic heterocycles. The molecule has 0 radical (unpaired) electrons. The van der Waals surface area contributed by atoms with E-state index in [-0.39, 0.29) is 5.57 Å².